The Balaban J connectivity index is 2.42. The Hall–Kier alpha value is -2.55. The van der Waals surface area contributed by atoms with Crippen LogP contribution < -0.4 is 9.62 Å². The molecule has 0 atom stereocenters. The van der Waals surface area contributed by atoms with E-state index in [1.54, 1.807) is 0 Å². The topological polar surface area (TPSA) is 66.5 Å². The van der Waals surface area contributed by atoms with Gasteiger partial charge in [0.2, 0.25) is 10.0 Å². The summed E-state index contributed by atoms with van der Waals surface area (Å²) < 4.78 is 63.4. The molecular weight excluding hydrogens is 357 g/mol. The predicted molar refractivity (Wildman–Crippen MR) is 89.1 cm³/mol. The number of carbonyl (C=O) groups is 1. The summed E-state index contributed by atoms with van der Waals surface area (Å²) in [5.41, 5.74) is -1.39. The number of hydrogen-bond donors (Lipinski definition) is 1. The molecule has 0 fully saturated rings. The van der Waals surface area contributed by atoms with E-state index < -0.39 is 33.4 Å². The number of halogens is 3. The number of anilines is 2. The van der Waals surface area contributed by atoms with Crippen LogP contribution in [0, 0.1) is 0 Å². The molecule has 0 aromatic heterocycles. The maximum Gasteiger partial charge on any atom is 0.418 e. The van der Waals surface area contributed by atoms with Gasteiger partial charge in [0.15, 0.2) is 0 Å². The molecular formula is C16H15F3N2O3S. The van der Waals surface area contributed by atoms with Crippen LogP contribution >= 0.6 is 0 Å². The average molecular weight is 372 g/mol. The third kappa shape index (κ3) is 4.30. The first-order chi connectivity index (χ1) is 11.5. The van der Waals surface area contributed by atoms with Crippen LogP contribution in [0.4, 0.5) is 24.5 Å². The lowest BCUT2D eigenvalue weighted by molar-refractivity contribution is -0.136. The number of hydrogen-bond acceptors (Lipinski definition) is 3. The van der Waals surface area contributed by atoms with Gasteiger partial charge in [0.05, 0.1) is 28.8 Å². The number of sulfonamides is 1. The van der Waals surface area contributed by atoms with Crippen LogP contribution in [0.5, 0.6) is 0 Å². The number of carbonyl (C=O) groups excluding carboxylic acids is 1. The molecule has 0 radical (unpaired) electrons. The van der Waals surface area contributed by atoms with E-state index in [1.807, 2.05) is 0 Å². The largest absolute Gasteiger partial charge is 0.418 e. The van der Waals surface area contributed by atoms with E-state index >= 15 is 0 Å². The maximum absolute atomic E-state index is 13.0. The van der Waals surface area contributed by atoms with Gasteiger partial charge in [0.25, 0.3) is 5.91 Å². The Morgan fingerprint density at radius 3 is 2.20 bits per heavy atom. The predicted octanol–water partition coefficient (Wildman–Crippen LogP) is 3.35. The molecule has 0 saturated heterocycles. The highest BCUT2D eigenvalue weighted by molar-refractivity contribution is 7.92. The van der Waals surface area contributed by atoms with Crippen molar-refractivity contribution in [1.29, 1.82) is 0 Å². The molecule has 0 bridgehead atoms. The van der Waals surface area contributed by atoms with Crippen LogP contribution in [0.1, 0.15) is 15.9 Å². The standard InChI is InChI=1S/C16H15F3N2O3S/c1-21(25(2,23)24)14-10-6-3-7-11(14)15(22)20-13-9-5-4-8-12(13)16(17,18)19/h3-10H,1-2H3,(H,20,22). The van der Waals surface area contributed by atoms with Crippen LogP contribution in [0.25, 0.3) is 0 Å². The summed E-state index contributed by atoms with van der Waals surface area (Å²) in [7, 11) is -2.39. The molecule has 0 aliphatic rings. The second-order valence-electron chi connectivity index (χ2n) is 5.25. The van der Waals surface area contributed by atoms with Crippen molar-refractivity contribution in [2.45, 2.75) is 6.18 Å². The molecule has 0 spiro atoms. The monoisotopic (exact) mass is 372 g/mol. The molecule has 25 heavy (non-hydrogen) atoms. The molecule has 5 nitrogen and oxygen atoms in total. The molecule has 134 valence electrons. The summed E-state index contributed by atoms with van der Waals surface area (Å²) in [4.78, 5) is 12.4. The molecule has 0 saturated carbocycles. The van der Waals surface area contributed by atoms with Crippen molar-refractivity contribution in [3.05, 3.63) is 59.7 Å². The Morgan fingerprint density at radius 2 is 1.60 bits per heavy atom. The lowest BCUT2D eigenvalue weighted by atomic mass is 10.1. The quantitative estimate of drug-likeness (QED) is 0.895. The van der Waals surface area contributed by atoms with E-state index in [-0.39, 0.29) is 11.3 Å². The Bertz CT molecular complexity index is 895. The molecule has 1 amide bonds. The van der Waals surface area contributed by atoms with Gasteiger partial charge in [-0.2, -0.15) is 13.2 Å². The number of amides is 1. The van der Waals surface area contributed by atoms with Gasteiger partial charge in [-0.25, -0.2) is 8.42 Å². The molecule has 9 heteroatoms. The molecule has 0 aliphatic carbocycles. The number of rotatable bonds is 4. The smallest absolute Gasteiger partial charge is 0.321 e. The van der Waals surface area contributed by atoms with Crippen molar-refractivity contribution in [2.75, 3.05) is 22.9 Å². The third-order valence-corrected chi connectivity index (χ3v) is 4.66. The highest BCUT2D eigenvalue weighted by Crippen LogP contribution is 2.35. The zero-order valence-corrected chi connectivity index (χ0v) is 14.1. The Morgan fingerprint density at radius 1 is 1.04 bits per heavy atom. The normalized spacial score (nSPS) is 11.9. The molecule has 2 rings (SSSR count). The summed E-state index contributed by atoms with van der Waals surface area (Å²) in [6.07, 6.45) is -3.67. The van der Waals surface area contributed by atoms with Crippen LogP contribution in [0.3, 0.4) is 0 Å². The summed E-state index contributed by atoms with van der Waals surface area (Å²) in [5, 5.41) is 2.20. The molecule has 0 heterocycles. The summed E-state index contributed by atoms with van der Waals surface area (Å²) in [6, 6.07) is 10.3. The number of nitrogens with zero attached hydrogens (tertiary/aromatic N) is 1. The molecule has 0 aliphatic heterocycles. The summed E-state index contributed by atoms with van der Waals surface area (Å²) >= 11 is 0. The third-order valence-electron chi connectivity index (χ3n) is 3.47. The zero-order valence-electron chi connectivity index (χ0n) is 13.3. The molecule has 1 N–H and O–H groups in total. The number of benzene rings is 2. The van der Waals surface area contributed by atoms with E-state index in [1.165, 1.54) is 43.4 Å². The number of nitrogens with one attached hydrogen (secondary N) is 1. The van der Waals surface area contributed by atoms with Crippen LogP contribution in [0.2, 0.25) is 0 Å². The lowest BCUT2D eigenvalue weighted by Crippen LogP contribution is -2.27. The van der Waals surface area contributed by atoms with Crippen LogP contribution in [-0.4, -0.2) is 27.6 Å². The van der Waals surface area contributed by atoms with Crippen molar-refractivity contribution in [2.24, 2.45) is 0 Å². The average Bonchev–Trinajstić information content (AvgIpc) is 2.52. The molecule has 2 aromatic rings. The Labute approximate surface area is 143 Å². The van der Waals surface area contributed by atoms with Gasteiger partial charge >= 0.3 is 6.18 Å². The second-order valence-corrected chi connectivity index (χ2v) is 7.26. The lowest BCUT2D eigenvalue weighted by Gasteiger charge is -2.20. The van der Waals surface area contributed by atoms with Gasteiger partial charge in [0, 0.05) is 7.05 Å². The fourth-order valence-electron chi connectivity index (χ4n) is 2.15. The summed E-state index contributed by atoms with van der Waals surface area (Å²) in [5.74, 6) is -0.845. The van der Waals surface area contributed by atoms with Crippen molar-refractivity contribution in [1.82, 2.24) is 0 Å². The van der Waals surface area contributed by atoms with Crippen molar-refractivity contribution >= 4 is 27.3 Å². The second kappa shape index (κ2) is 6.75. The highest BCUT2D eigenvalue weighted by Gasteiger charge is 2.33. The first-order valence-corrected chi connectivity index (χ1v) is 8.87. The van der Waals surface area contributed by atoms with E-state index in [2.05, 4.69) is 5.32 Å². The SMILES string of the molecule is CN(c1ccccc1C(=O)Nc1ccccc1C(F)(F)F)S(C)(=O)=O. The van der Waals surface area contributed by atoms with Gasteiger partial charge in [-0.05, 0) is 24.3 Å². The van der Waals surface area contributed by atoms with Crippen LogP contribution in [-0.2, 0) is 16.2 Å². The zero-order chi connectivity index (χ0) is 18.8. The number of alkyl halides is 3. The van der Waals surface area contributed by atoms with Gasteiger partial charge in [-0.3, -0.25) is 9.10 Å². The van der Waals surface area contributed by atoms with Crippen molar-refractivity contribution in [3.8, 4) is 0 Å². The van der Waals surface area contributed by atoms with E-state index in [0.717, 1.165) is 22.7 Å². The van der Waals surface area contributed by atoms with Gasteiger partial charge < -0.3 is 5.32 Å². The highest BCUT2D eigenvalue weighted by atomic mass is 32.2. The first kappa shape index (κ1) is 18.8. The Kier molecular flexibility index (Phi) is 5.07. The maximum atomic E-state index is 13.0. The van der Waals surface area contributed by atoms with Crippen LogP contribution in [0.15, 0.2) is 48.5 Å². The van der Waals surface area contributed by atoms with Gasteiger partial charge in [-0.1, -0.05) is 24.3 Å². The van der Waals surface area contributed by atoms with Gasteiger partial charge in [-0.15, -0.1) is 0 Å². The minimum absolute atomic E-state index is 0.0620. The fourth-order valence-corrected chi connectivity index (χ4v) is 2.66. The fraction of sp³-hybridized carbons (Fsp3) is 0.188. The summed E-state index contributed by atoms with van der Waals surface area (Å²) in [6.45, 7) is 0. The van der Waals surface area contributed by atoms with Crippen molar-refractivity contribution in [3.63, 3.8) is 0 Å². The van der Waals surface area contributed by atoms with E-state index in [9.17, 15) is 26.4 Å². The van der Waals surface area contributed by atoms with E-state index in [0.29, 0.717) is 0 Å². The van der Waals surface area contributed by atoms with E-state index in [4.69, 9.17) is 0 Å². The van der Waals surface area contributed by atoms with Crippen molar-refractivity contribution < 1.29 is 26.4 Å². The first-order valence-electron chi connectivity index (χ1n) is 7.02. The minimum Gasteiger partial charge on any atom is -0.321 e. The minimum atomic E-state index is -4.63. The number of para-hydroxylation sites is 2. The molecule has 0 unspecified atom stereocenters. The van der Waals surface area contributed by atoms with Gasteiger partial charge in [0.1, 0.15) is 0 Å². The molecule has 2 aromatic carbocycles.